The van der Waals surface area contributed by atoms with Crippen molar-refractivity contribution < 1.29 is 32.1 Å². The topological polar surface area (TPSA) is 95.6 Å². The van der Waals surface area contributed by atoms with Crippen LogP contribution in [0.2, 0.25) is 0 Å². The summed E-state index contributed by atoms with van der Waals surface area (Å²) in [6.07, 6.45) is 2.30. The smallest absolute Gasteiger partial charge is 0.235 e. The quantitative estimate of drug-likeness (QED) is 0.331. The van der Waals surface area contributed by atoms with Crippen molar-refractivity contribution in [3.05, 3.63) is 35.9 Å². The second-order valence-electron chi connectivity index (χ2n) is 8.49. The summed E-state index contributed by atoms with van der Waals surface area (Å²) in [7, 11) is 4.19. The van der Waals surface area contributed by atoms with E-state index in [-0.39, 0.29) is 11.8 Å². The minimum atomic E-state index is -3.58. The van der Waals surface area contributed by atoms with Gasteiger partial charge in [0.25, 0.3) is 0 Å². The summed E-state index contributed by atoms with van der Waals surface area (Å²) in [6.45, 7) is 5.07. The van der Waals surface area contributed by atoms with Gasteiger partial charge in [0, 0.05) is 18.2 Å². The Kier molecular flexibility index (Phi) is 11.5. The SMILES string of the molecule is COc1ccc(CCCNCCCS(=O)(=O)N(c2cc(OC)c(OC)c(OC)c2)C(C)C)cc1OC. The van der Waals surface area contributed by atoms with E-state index < -0.39 is 10.0 Å². The van der Waals surface area contributed by atoms with E-state index in [1.165, 1.54) is 25.6 Å². The Morgan fingerprint density at radius 3 is 1.89 bits per heavy atom. The average Bonchev–Trinajstić information content (AvgIpc) is 2.86. The normalized spacial score (nSPS) is 11.3. The predicted octanol–water partition coefficient (Wildman–Crippen LogP) is 3.89. The third-order valence-corrected chi connectivity index (χ3v) is 7.73. The number of ether oxygens (including phenoxy) is 5. The Labute approximate surface area is 215 Å². The lowest BCUT2D eigenvalue weighted by atomic mass is 10.1. The lowest BCUT2D eigenvalue weighted by Crippen LogP contribution is -2.39. The fourth-order valence-corrected chi connectivity index (χ4v) is 5.81. The van der Waals surface area contributed by atoms with E-state index in [0.29, 0.717) is 41.7 Å². The molecular formula is C26H40N2O7S. The molecule has 0 saturated carbocycles. The van der Waals surface area contributed by atoms with Gasteiger partial charge in [0.2, 0.25) is 15.8 Å². The molecule has 1 N–H and O–H groups in total. The number of rotatable bonds is 16. The molecule has 0 aliphatic rings. The van der Waals surface area contributed by atoms with Gasteiger partial charge < -0.3 is 29.0 Å². The van der Waals surface area contributed by atoms with E-state index in [0.717, 1.165) is 30.7 Å². The first-order valence-corrected chi connectivity index (χ1v) is 13.6. The summed E-state index contributed by atoms with van der Waals surface area (Å²) in [4.78, 5) is 0. The monoisotopic (exact) mass is 524 g/mol. The van der Waals surface area contributed by atoms with Crippen molar-refractivity contribution in [1.82, 2.24) is 5.32 Å². The maximum Gasteiger partial charge on any atom is 0.235 e. The van der Waals surface area contributed by atoms with Crippen LogP contribution in [0.25, 0.3) is 0 Å². The molecule has 36 heavy (non-hydrogen) atoms. The van der Waals surface area contributed by atoms with Crippen LogP contribution in [0.4, 0.5) is 5.69 Å². The molecule has 0 fully saturated rings. The van der Waals surface area contributed by atoms with E-state index in [1.807, 2.05) is 32.0 Å². The van der Waals surface area contributed by atoms with Gasteiger partial charge in [0.05, 0.1) is 47.0 Å². The van der Waals surface area contributed by atoms with Crippen LogP contribution in [0.3, 0.4) is 0 Å². The Morgan fingerprint density at radius 2 is 1.36 bits per heavy atom. The van der Waals surface area contributed by atoms with Crippen LogP contribution in [-0.4, -0.2) is 68.9 Å². The zero-order chi connectivity index (χ0) is 26.7. The first kappa shape index (κ1) is 29.4. The van der Waals surface area contributed by atoms with Crippen molar-refractivity contribution in [1.29, 1.82) is 0 Å². The van der Waals surface area contributed by atoms with Gasteiger partial charge in [-0.15, -0.1) is 0 Å². The van der Waals surface area contributed by atoms with Crippen LogP contribution in [0.5, 0.6) is 28.7 Å². The molecule has 0 radical (unpaired) electrons. The number of hydrogen-bond acceptors (Lipinski definition) is 8. The molecule has 0 aliphatic carbocycles. The highest BCUT2D eigenvalue weighted by atomic mass is 32.2. The van der Waals surface area contributed by atoms with E-state index in [4.69, 9.17) is 23.7 Å². The summed E-state index contributed by atoms with van der Waals surface area (Å²) in [5.74, 6) is 2.68. The van der Waals surface area contributed by atoms with Gasteiger partial charge in [0.15, 0.2) is 23.0 Å². The van der Waals surface area contributed by atoms with Crippen LogP contribution in [-0.2, 0) is 16.4 Å². The van der Waals surface area contributed by atoms with Crippen molar-refractivity contribution in [2.24, 2.45) is 0 Å². The van der Waals surface area contributed by atoms with Crippen LogP contribution in [0.1, 0.15) is 32.3 Å². The molecule has 9 nitrogen and oxygen atoms in total. The second kappa shape index (κ2) is 14.0. The summed E-state index contributed by atoms with van der Waals surface area (Å²) in [5.41, 5.74) is 1.64. The number of nitrogens with one attached hydrogen (secondary N) is 1. The first-order valence-electron chi connectivity index (χ1n) is 12.0. The molecule has 10 heteroatoms. The molecule has 0 amide bonds. The predicted molar refractivity (Wildman–Crippen MR) is 143 cm³/mol. The van der Waals surface area contributed by atoms with Crippen LogP contribution < -0.4 is 33.3 Å². The minimum absolute atomic E-state index is 0.0184. The highest BCUT2D eigenvalue weighted by Crippen LogP contribution is 2.42. The molecule has 2 aromatic carbocycles. The van der Waals surface area contributed by atoms with E-state index in [1.54, 1.807) is 26.4 Å². The molecule has 0 bridgehead atoms. The zero-order valence-corrected chi connectivity index (χ0v) is 23.2. The van der Waals surface area contributed by atoms with Crippen molar-refractivity contribution in [2.45, 2.75) is 39.2 Å². The molecule has 0 unspecified atom stereocenters. The maximum absolute atomic E-state index is 13.3. The Morgan fingerprint density at radius 1 is 0.778 bits per heavy atom. The van der Waals surface area contributed by atoms with Crippen LogP contribution >= 0.6 is 0 Å². The summed E-state index contributed by atoms with van der Waals surface area (Å²) in [5, 5.41) is 3.34. The van der Waals surface area contributed by atoms with Gasteiger partial charge in [-0.25, -0.2) is 8.42 Å². The van der Waals surface area contributed by atoms with Crippen molar-refractivity contribution in [3.8, 4) is 28.7 Å². The van der Waals surface area contributed by atoms with Gasteiger partial charge in [-0.1, -0.05) is 6.07 Å². The second-order valence-corrected chi connectivity index (χ2v) is 10.5. The van der Waals surface area contributed by atoms with Gasteiger partial charge in [0.1, 0.15) is 0 Å². The van der Waals surface area contributed by atoms with E-state index in [2.05, 4.69) is 5.32 Å². The van der Waals surface area contributed by atoms with Crippen LogP contribution in [0, 0.1) is 0 Å². The van der Waals surface area contributed by atoms with E-state index in [9.17, 15) is 8.42 Å². The van der Waals surface area contributed by atoms with Gasteiger partial charge >= 0.3 is 0 Å². The number of anilines is 1. The Bertz CT molecular complexity index is 1050. The highest BCUT2D eigenvalue weighted by molar-refractivity contribution is 7.92. The van der Waals surface area contributed by atoms with Crippen molar-refractivity contribution >= 4 is 15.7 Å². The summed E-state index contributed by atoms with van der Waals surface area (Å²) >= 11 is 0. The van der Waals surface area contributed by atoms with Gasteiger partial charge in [-0.2, -0.15) is 0 Å². The minimum Gasteiger partial charge on any atom is -0.493 e. The molecule has 202 valence electrons. The highest BCUT2D eigenvalue weighted by Gasteiger charge is 2.27. The summed E-state index contributed by atoms with van der Waals surface area (Å²) < 4.78 is 54.8. The number of nitrogens with zero attached hydrogens (tertiary/aromatic N) is 1. The van der Waals surface area contributed by atoms with Gasteiger partial charge in [-0.05, 0) is 63.9 Å². The van der Waals surface area contributed by atoms with Crippen LogP contribution in [0.15, 0.2) is 30.3 Å². The average molecular weight is 525 g/mol. The lowest BCUT2D eigenvalue weighted by Gasteiger charge is -2.29. The molecule has 2 rings (SSSR count). The number of sulfonamides is 1. The molecule has 0 spiro atoms. The third-order valence-electron chi connectivity index (χ3n) is 5.70. The molecular weight excluding hydrogens is 484 g/mol. The molecule has 2 aromatic rings. The zero-order valence-electron chi connectivity index (χ0n) is 22.4. The largest absolute Gasteiger partial charge is 0.493 e. The van der Waals surface area contributed by atoms with E-state index >= 15 is 0 Å². The van der Waals surface area contributed by atoms with Crippen molar-refractivity contribution in [2.75, 3.05) is 58.7 Å². The lowest BCUT2D eigenvalue weighted by molar-refractivity contribution is 0.324. The third kappa shape index (κ3) is 7.57. The Balaban J connectivity index is 1.93. The fourth-order valence-electron chi connectivity index (χ4n) is 4.03. The maximum atomic E-state index is 13.3. The standard InChI is InChI=1S/C26H40N2O7S/c1-19(2)28(21-17-24(33-5)26(35-7)25(18-21)34-6)36(29,30)15-9-14-27-13-8-10-20-11-12-22(31-3)23(16-20)32-4/h11-12,16-19,27H,8-10,13-15H2,1-7H3. The molecule has 0 saturated heterocycles. The Hall–Kier alpha value is -2.85. The first-order chi connectivity index (χ1) is 17.2. The molecule has 0 atom stereocenters. The van der Waals surface area contributed by atoms with Gasteiger partial charge in [-0.3, -0.25) is 4.31 Å². The fraction of sp³-hybridized carbons (Fsp3) is 0.538. The number of aryl methyl sites for hydroxylation is 1. The number of hydrogen-bond donors (Lipinski definition) is 1. The van der Waals surface area contributed by atoms with Crippen molar-refractivity contribution in [3.63, 3.8) is 0 Å². The molecule has 0 aromatic heterocycles. The summed E-state index contributed by atoms with van der Waals surface area (Å²) in [6, 6.07) is 8.94. The number of benzene rings is 2. The molecule has 0 heterocycles. The molecule has 0 aliphatic heterocycles. The number of methoxy groups -OCH3 is 5.